The second-order valence-corrected chi connectivity index (χ2v) is 4.97. The van der Waals surface area contributed by atoms with E-state index in [1.807, 2.05) is 32.0 Å². The van der Waals surface area contributed by atoms with Gasteiger partial charge in [-0.1, -0.05) is 13.0 Å². The minimum Gasteiger partial charge on any atom is -0.370 e. The van der Waals surface area contributed by atoms with Crippen molar-refractivity contribution in [3.05, 3.63) is 41.0 Å². The molecule has 112 valence electrons. The van der Waals surface area contributed by atoms with Gasteiger partial charge in [-0.3, -0.25) is 4.98 Å². The van der Waals surface area contributed by atoms with Crippen LogP contribution < -0.4 is 10.6 Å². The van der Waals surface area contributed by atoms with Gasteiger partial charge in [0.05, 0.1) is 12.2 Å². The van der Waals surface area contributed by atoms with E-state index in [1.165, 1.54) is 0 Å². The molecule has 0 saturated heterocycles. The summed E-state index contributed by atoms with van der Waals surface area (Å²) < 4.78 is 0. The normalized spacial score (nSPS) is 10.5. The van der Waals surface area contributed by atoms with Gasteiger partial charge in [0.2, 0.25) is 0 Å². The fourth-order valence-electron chi connectivity index (χ4n) is 2.10. The van der Waals surface area contributed by atoms with Crippen LogP contribution in [0.2, 0.25) is 0 Å². The number of hydrogen-bond donors (Lipinski definition) is 2. The summed E-state index contributed by atoms with van der Waals surface area (Å²) in [5, 5.41) is 6.67. The van der Waals surface area contributed by atoms with E-state index in [9.17, 15) is 0 Å². The number of pyridine rings is 1. The minimum atomic E-state index is 0.661. The second-order valence-electron chi connectivity index (χ2n) is 4.97. The molecule has 0 spiro atoms. The Morgan fingerprint density at radius 3 is 2.29 bits per heavy atom. The van der Waals surface area contributed by atoms with Gasteiger partial charge in [-0.15, -0.1) is 0 Å². The molecule has 5 heteroatoms. The first-order valence-corrected chi connectivity index (χ1v) is 7.41. The van der Waals surface area contributed by atoms with E-state index in [4.69, 9.17) is 0 Å². The van der Waals surface area contributed by atoms with Gasteiger partial charge >= 0.3 is 0 Å². The first-order chi connectivity index (χ1) is 10.1. The molecule has 2 N–H and O–H groups in total. The molecule has 2 rings (SSSR count). The van der Waals surface area contributed by atoms with Crippen molar-refractivity contribution in [2.24, 2.45) is 0 Å². The van der Waals surface area contributed by atoms with Crippen LogP contribution in [0.3, 0.4) is 0 Å². The van der Waals surface area contributed by atoms with Gasteiger partial charge in [-0.05, 0) is 32.9 Å². The average Bonchev–Trinajstić information content (AvgIpc) is 2.48. The summed E-state index contributed by atoms with van der Waals surface area (Å²) >= 11 is 0. The highest BCUT2D eigenvalue weighted by Gasteiger charge is 2.09. The molecule has 0 aliphatic carbocycles. The van der Waals surface area contributed by atoms with Crippen LogP contribution >= 0.6 is 0 Å². The molecule has 0 aliphatic heterocycles. The summed E-state index contributed by atoms with van der Waals surface area (Å²) in [6.07, 6.45) is 0.816. The molecule has 0 unspecified atom stereocenters. The molecule has 0 atom stereocenters. The number of rotatable bonds is 6. The quantitative estimate of drug-likeness (QED) is 0.854. The van der Waals surface area contributed by atoms with Gasteiger partial charge in [0, 0.05) is 24.2 Å². The number of nitrogens with zero attached hydrogens (tertiary/aromatic N) is 3. The first kappa shape index (κ1) is 15.2. The van der Waals surface area contributed by atoms with Crippen LogP contribution in [0.1, 0.15) is 36.6 Å². The third-order valence-corrected chi connectivity index (χ3v) is 3.24. The van der Waals surface area contributed by atoms with Crippen molar-refractivity contribution < 1.29 is 0 Å². The summed E-state index contributed by atoms with van der Waals surface area (Å²) in [5.41, 5.74) is 3.08. The Hall–Kier alpha value is -2.17. The van der Waals surface area contributed by atoms with E-state index in [0.29, 0.717) is 6.54 Å². The van der Waals surface area contributed by atoms with Crippen LogP contribution in [0, 0.1) is 13.8 Å². The smallest absolute Gasteiger partial charge is 0.135 e. The lowest BCUT2D eigenvalue weighted by atomic mass is 10.2. The molecule has 0 saturated carbocycles. The highest BCUT2D eigenvalue weighted by molar-refractivity contribution is 5.57. The predicted molar refractivity (Wildman–Crippen MR) is 86.6 cm³/mol. The Labute approximate surface area is 126 Å². The van der Waals surface area contributed by atoms with Crippen LogP contribution in [0.5, 0.6) is 0 Å². The monoisotopic (exact) mass is 285 g/mol. The molecule has 0 amide bonds. The highest BCUT2D eigenvalue weighted by Crippen LogP contribution is 2.20. The lowest BCUT2D eigenvalue weighted by molar-refractivity contribution is 0.913. The largest absolute Gasteiger partial charge is 0.370 e. The molecule has 0 fully saturated rings. The van der Waals surface area contributed by atoms with Gasteiger partial charge in [0.1, 0.15) is 17.5 Å². The van der Waals surface area contributed by atoms with E-state index in [0.717, 1.165) is 47.4 Å². The lowest BCUT2D eigenvalue weighted by Crippen LogP contribution is -2.11. The second kappa shape index (κ2) is 7.02. The Kier molecular flexibility index (Phi) is 5.09. The number of anilines is 2. The zero-order valence-corrected chi connectivity index (χ0v) is 13.2. The molecule has 2 aromatic rings. The van der Waals surface area contributed by atoms with Gasteiger partial charge in [0.15, 0.2) is 0 Å². The fourth-order valence-corrected chi connectivity index (χ4v) is 2.10. The van der Waals surface area contributed by atoms with Crippen LogP contribution in [-0.4, -0.2) is 21.5 Å². The number of nitrogens with one attached hydrogen (secondary N) is 2. The maximum absolute atomic E-state index is 4.58. The third kappa shape index (κ3) is 3.90. The Balaban J connectivity index is 2.20. The number of aryl methyl sites for hydroxylation is 2. The summed E-state index contributed by atoms with van der Waals surface area (Å²) in [6, 6.07) is 6.04. The molecular formula is C16H23N5. The Bertz CT molecular complexity index is 610. The van der Waals surface area contributed by atoms with Crippen molar-refractivity contribution in [1.82, 2.24) is 15.0 Å². The lowest BCUT2D eigenvalue weighted by Gasteiger charge is -2.14. The van der Waals surface area contributed by atoms with Crippen LogP contribution in [0.4, 0.5) is 11.6 Å². The molecule has 0 aliphatic rings. The Morgan fingerprint density at radius 1 is 0.952 bits per heavy atom. The molecule has 2 heterocycles. The molecular weight excluding hydrogens is 262 g/mol. The van der Waals surface area contributed by atoms with Crippen LogP contribution in [0.15, 0.2) is 18.2 Å². The van der Waals surface area contributed by atoms with Gasteiger partial charge in [-0.25, -0.2) is 9.97 Å². The topological polar surface area (TPSA) is 62.7 Å². The molecule has 0 radical (unpaired) electrons. The standard InChI is InChI=1S/C16H23N5/c1-5-14-20-15(17-6-2)12(4)16(21-14)18-10-13-9-7-8-11(3)19-13/h7-9H,5-6,10H2,1-4H3,(H2,17,18,20,21). The van der Waals surface area contributed by atoms with E-state index < -0.39 is 0 Å². The Morgan fingerprint density at radius 2 is 1.67 bits per heavy atom. The SMILES string of the molecule is CCNc1nc(CC)nc(NCc2cccc(C)n2)c1C. The maximum Gasteiger partial charge on any atom is 0.135 e. The molecule has 21 heavy (non-hydrogen) atoms. The highest BCUT2D eigenvalue weighted by atomic mass is 15.1. The van der Waals surface area contributed by atoms with Gasteiger partial charge < -0.3 is 10.6 Å². The number of hydrogen-bond acceptors (Lipinski definition) is 5. The number of aromatic nitrogens is 3. The molecule has 2 aromatic heterocycles. The van der Waals surface area contributed by atoms with E-state index in [2.05, 4.69) is 39.4 Å². The maximum atomic E-state index is 4.58. The van der Waals surface area contributed by atoms with Crippen molar-refractivity contribution >= 4 is 11.6 Å². The van der Waals surface area contributed by atoms with Crippen molar-refractivity contribution in [3.8, 4) is 0 Å². The van der Waals surface area contributed by atoms with E-state index in [-0.39, 0.29) is 0 Å². The average molecular weight is 285 g/mol. The van der Waals surface area contributed by atoms with Gasteiger partial charge in [0.25, 0.3) is 0 Å². The summed E-state index contributed by atoms with van der Waals surface area (Å²) in [7, 11) is 0. The zero-order chi connectivity index (χ0) is 15.2. The first-order valence-electron chi connectivity index (χ1n) is 7.41. The molecule has 5 nitrogen and oxygen atoms in total. The summed E-state index contributed by atoms with van der Waals surface area (Å²) in [4.78, 5) is 13.6. The van der Waals surface area contributed by atoms with Gasteiger partial charge in [-0.2, -0.15) is 0 Å². The molecule has 0 bridgehead atoms. The minimum absolute atomic E-state index is 0.661. The summed E-state index contributed by atoms with van der Waals surface area (Å²) in [6.45, 7) is 9.67. The van der Waals surface area contributed by atoms with Crippen LogP contribution in [0.25, 0.3) is 0 Å². The van der Waals surface area contributed by atoms with Crippen molar-refractivity contribution in [3.63, 3.8) is 0 Å². The van der Waals surface area contributed by atoms with Crippen molar-refractivity contribution in [2.45, 2.75) is 40.7 Å². The van der Waals surface area contributed by atoms with E-state index >= 15 is 0 Å². The fraction of sp³-hybridized carbons (Fsp3) is 0.438. The third-order valence-electron chi connectivity index (χ3n) is 3.24. The van der Waals surface area contributed by atoms with Crippen LogP contribution in [-0.2, 0) is 13.0 Å². The predicted octanol–water partition coefficient (Wildman–Crippen LogP) is 3.09. The van der Waals surface area contributed by atoms with E-state index in [1.54, 1.807) is 0 Å². The molecule has 0 aromatic carbocycles. The summed E-state index contributed by atoms with van der Waals surface area (Å²) in [5.74, 6) is 2.63. The van der Waals surface area contributed by atoms with Crippen molar-refractivity contribution in [1.29, 1.82) is 0 Å². The van der Waals surface area contributed by atoms with Crippen molar-refractivity contribution in [2.75, 3.05) is 17.2 Å². The zero-order valence-electron chi connectivity index (χ0n) is 13.2.